The van der Waals surface area contributed by atoms with E-state index in [4.69, 9.17) is 28.3 Å². The third kappa shape index (κ3) is 7.27. The van der Waals surface area contributed by atoms with Crippen LogP contribution in [0.2, 0.25) is 10.0 Å². The second kappa shape index (κ2) is 10.8. The Morgan fingerprint density at radius 3 is 2.37 bits per heavy atom. The zero-order valence-electron chi connectivity index (χ0n) is 15.3. The van der Waals surface area contributed by atoms with Gasteiger partial charge in [-0.15, -0.1) is 0 Å². The lowest BCUT2D eigenvalue weighted by Gasteiger charge is -2.36. The van der Waals surface area contributed by atoms with Crippen molar-refractivity contribution in [2.24, 2.45) is 5.92 Å². The Balaban J connectivity index is 3.22. The number of aliphatic hydroxyl groups excluding tert-OH is 2. The Morgan fingerprint density at radius 1 is 1.19 bits per heavy atom. The van der Waals surface area contributed by atoms with E-state index in [1.165, 1.54) is 0 Å². The van der Waals surface area contributed by atoms with Gasteiger partial charge in [-0.05, 0) is 24.1 Å². The number of benzene rings is 1. The highest BCUT2D eigenvalue weighted by Gasteiger charge is 2.35. The van der Waals surface area contributed by atoms with Crippen LogP contribution in [0.1, 0.15) is 25.8 Å². The van der Waals surface area contributed by atoms with Crippen LogP contribution in [0, 0.1) is 5.92 Å². The number of hydrogen-bond donors (Lipinski definition) is 5. The summed E-state index contributed by atoms with van der Waals surface area (Å²) in [6.07, 6.45) is -2.27. The quantitative estimate of drug-likeness (QED) is 0.373. The summed E-state index contributed by atoms with van der Waals surface area (Å²) in [6.45, 7) is 3.32. The van der Waals surface area contributed by atoms with Gasteiger partial charge in [0.05, 0.1) is 29.3 Å². The van der Waals surface area contributed by atoms with Crippen LogP contribution in [-0.4, -0.2) is 59.5 Å². The van der Waals surface area contributed by atoms with Gasteiger partial charge >= 0.3 is 6.09 Å². The van der Waals surface area contributed by atoms with Crippen LogP contribution in [-0.2, 0) is 10.2 Å². The fourth-order valence-corrected chi connectivity index (χ4v) is 3.04. The fraction of sp³-hybridized carbons (Fsp3) is 0.556. The second-order valence-corrected chi connectivity index (χ2v) is 7.65. The molecule has 0 saturated carbocycles. The molecular weight excluding hydrogens is 395 g/mol. The molecule has 5 N–H and O–H groups in total. The molecule has 0 saturated heterocycles. The molecule has 9 heteroatoms. The zero-order chi connectivity index (χ0) is 20.6. The molecule has 7 nitrogen and oxygen atoms in total. The highest BCUT2D eigenvalue weighted by atomic mass is 35.5. The zero-order valence-corrected chi connectivity index (χ0v) is 16.8. The maximum atomic E-state index is 11.9. The van der Waals surface area contributed by atoms with Crippen LogP contribution >= 0.6 is 23.2 Å². The van der Waals surface area contributed by atoms with Crippen LogP contribution in [0.4, 0.5) is 4.79 Å². The average molecular weight is 421 g/mol. The van der Waals surface area contributed by atoms with Crippen LogP contribution in [0.3, 0.4) is 0 Å². The van der Waals surface area contributed by atoms with Crippen molar-refractivity contribution < 1.29 is 24.9 Å². The molecule has 0 aliphatic heterocycles. The summed E-state index contributed by atoms with van der Waals surface area (Å²) >= 11 is 12.1. The number of hydrogen-bond acceptors (Lipinski definition) is 5. The number of carbonyl (C=O) groups excluding carboxylic acids is 1. The molecule has 0 radical (unpaired) electrons. The number of rotatable bonds is 11. The molecule has 0 aliphatic rings. The van der Waals surface area contributed by atoms with Gasteiger partial charge in [0, 0.05) is 24.4 Å². The first-order chi connectivity index (χ1) is 12.6. The third-order valence-corrected chi connectivity index (χ3v) is 5.09. The van der Waals surface area contributed by atoms with E-state index in [1.807, 2.05) is 0 Å². The van der Waals surface area contributed by atoms with Crippen molar-refractivity contribution in [3.8, 4) is 0 Å². The molecule has 0 heterocycles. The molecule has 2 unspecified atom stereocenters. The van der Waals surface area contributed by atoms with E-state index in [1.54, 1.807) is 32.0 Å². The van der Waals surface area contributed by atoms with Crippen molar-refractivity contribution in [1.29, 1.82) is 0 Å². The summed E-state index contributed by atoms with van der Waals surface area (Å²) in [7, 11) is 0. The number of carbonyl (C=O) groups is 2. The van der Waals surface area contributed by atoms with Crippen molar-refractivity contribution in [1.82, 2.24) is 10.6 Å². The van der Waals surface area contributed by atoms with Gasteiger partial charge in [0.2, 0.25) is 0 Å². The predicted octanol–water partition coefficient (Wildman–Crippen LogP) is 2.06. The molecule has 2 atom stereocenters. The van der Waals surface area contributed by atoms with Crippen LogP contribution in [0.25, 0.3) is 0 Å². The maximum Gasteiger partial charge on any atom is 0.404 e. The van der Waals surface area contributed by atoms with Gasteiger partial charge < -0.3 is 26.0 Å². The van der Waals surface area contributed by atoms with Gasteiger partial charge in [-0.2, -0.15) is 0 Å². The van der Waals surface area contributed by atoms with Crippen LogP contribution in [0.5, 0.6) is 0 Å². The molecule has 0 aliphatic carbocycles. The highest BCUT2D eigenvalue weighted by molar-refractivity contribution is 6.42. The first-order valence-corrected chi connectivity index (χ1v) is 9.31. The Kier molecular flexibility index (Phi) is 9.49. The molecule has 0 bridgehead atoms. The standard InChI is InChI=1S/C18H26Cl2N2O5/c1-11(2)16(25)7-21-9-18(6-13(24)8-23,10-22-17(26)27)12-3-4-14(19)15(20)5-12/h3-5,11,13,21-24H,6-10H2,1-2H3,(H,26,27). The van der Waals surface area contributed by atoms with Crippen molar-refractivity contribution in [2.75, 3.05) is 26.2 Å². The Labute approximate surface area is 168 Å². The lowest BCUT2D eigenvalue weighted by atomic mass is 9.75. The SMILES string of the molecule is CC(C)C(=O)CNCC(CNC(=O)O)(CC(O)CO)c1ccc(Cl)c(Cl)c1. The Hall–Kier alpha value is -1.38. The van der Waals surface area contributed by atoms with E-state index < -0.39 is 24.2 Å². The van der Waals surface area contributed by atoms with Gasteiger partial charge in [-0.1, -0.05) is 43.1 Å². The molecule has 152 valence electrons. The monoisotopic (exact) mass is 420 g/mol. The molecule has 1 rings (SSSR count). The van der Waals surface area contributed by atoms with E-state index in [0.717, 1.165) is 0 Å². The number of carboxylic acid groups (broad SMARTS) is 1. The first kappa shape index (κ1) is 23.7. The van der Waals surface area contributed by atoms with Crippen LogP contribution < -0.4 is 10.6 Å². The smallest absolute Gasteiger partial charge is 0.404 e. The van der Waals surface area contributed by atoms with Gasteiger partial charge in [0.15, 0.2) is 0 Å². The van der Waals surface area contributed by atoms with Gasteiger partial charge in [-0.25, -0.2) is 4.79 Å². The Morgan fingerprint density at radius 2 is 1.85 bits per heavy atom. The number of halogens is 2. The second-order valence-electron chi connectivity index (χ2n) is 6.83. The summed E-state index contributed by atoms with van der Waals surface area (Å²) in [5, 5.41) is 34.4. The van der Waals surface area contributed by atoms with Crippen LogP contribution in [0.15, 0.2) is 18.2 Å². The van der Waals surface area contributed by atoms with Gasteiger partial charge in [-0.3, -0.25) is 4.79 Å². The molecule has 0 spiro atoms. The minimum absolute atomic E-state index is 0.00642. The van der Waals surface area contributed by atoms with Crippen molar-refractivity contribution in [3.05, 3.63) is 33.8 Å². The lowest BCUT2D eigenvalue weighted by Crippen LogP contribution is -2.50. The molecule has 0 fully saturated rings. The third-order valence-electron chi connectivity index (χ3n) is 4.35. The number of amides is 1. The molecule has 1 aromatic rings. The van der Waals surface area contributed by atoms with Gasteiger partial charge in [0.25, 0.3) is 0 Å². The normalized spacial score (nSPS) is 14.6. The highest BCUT2D eigenvalue weighted by Crippen LogP contribution is 2.33. The average Bonchev–Trinajstić information content (AvgIpc) is 2.61. The topological polar surface area (TPSA) is 119 Å². The number of Topliss-reactive ketones (excluding diaryl/α,β-unsaturated/α-hetero) is 1. The van der Waals surface area contributed by atoms with E-state index in [-0.39, 0.29) is 42.8 Å². The largest absolute Gasteiger partial charge is 0.465 e. The van der Waals surface area contributed by atoms with Crippen molar-refractivity contribution in [3.63, 3.8) is 0 Å². The Bertz CT molecular complexity index is 657. The van der Waals surface area contributed by atoms with E-state index in [9.17, 15) is 19.8 Å². The van der Waals surface area contributed by atoms with E-state index in [0.29, 0.717) is 10.6 Å². The van der Waals surface area contributed by atoms with Gasteiger partial charge in [0.1, 0.15) is 5.78 Å². The number of ketones is 1. The minimum Gasteiger partial charge on any atom is -0.465 e. The summed E-state index contributed by atoms with van der Waals surface area (Å²) in [5.74, 6) is -0.135. The first-order valence-electron chi connectivity index (χ1n) is 8.56. The summed E-state index contributed by atoms with van der Waals surface area (Å²) < 4.78 is 0. The van der Waals surface area contributed by atoms with Crippen molar-refractivity contribution >= 4 is 35.1 Å². The summed E-state index contributed by atoms with van der Waals surface area (Å²) in [5.41, 5.74) is -0.325. The van der Waals surface area contributed by atoms with E-state index >= 15 is 0 Å². The molecule has 1 amide bonds. The molecule has 1 aromatic carbocycles. The minimum atomic E-state index is -1.23. The molecule has 27 heavy (non-hydrogen) atoms. The maximum absolute atomic E-state index is 11.9. The molecular formula is C18H26Cl2N2O5. The summed E-state index contributed by atoms with van der Waals surface area (Å²) in [6, 6.07) is 4.87. The summed E-state index contributed by atoms with van der Waals surface area (Å²) in [4.78, 5) is 23.0. The van der Waals surface area contributed by atoms with E-state index in [2.05, 4.69) is 10.6 Å². The lowest BCUT2D eigenvalue weighted by molar-refractivity contribution is -0.121. The number of nitrogens with one attached hydrogen (secondary N) is 2. The number of aliphatic hydroxyl groups is 2. The predicted molar refractivity (Wildman–Crippen MR) is 105 cm³/mol. The fourth-order valence-electron chi connectivity index (χ4n) is 2.74. The van der Waals surface area contributed by atoms with Crippen molar-refractivity contribution in [2.45, 2.75) is 31.8 Å². The molecule has 0 aromatic heterocycles.